The molecule has 2 unspecified atom stereocenters. The van der Waals surface area contributed by atoms with Crippen LogP contribution in [0.1, 0.15) is 20.8 Å². The molecule has 0 amide bonds. The lowest BCUT2D eigenvalue weighted by Crippen LogP contribution is -2.45. The zero-order chi connectivity index (χ0) is 10.6. The Morgan fingerprint density at radius 3 is 2.00 bits per heavy atom. The van der Waals surface area contributed by atoms with E-state index in [0.29, 0.717) is 0 Å². The van der Waals surface area contributed by atoms with Crippen LogP contribution in [0.15, 0.2) is 0 Å². The minimum absolute atomic E-state index is 0.283. The number of alkyl halides is 3. The monoisotopic (exact) mass is 199 g/mol. The number of aliphatic hydroxyl groups excluding tert-OH is 1. The predicted octanol–water partition coefficient (Wildman–Crippen LogP) is 1.64. The number of rotatable bonds is 4. The van der Waals surface area contributed by atoms with Crippen molar-refractivity contribution in [1.29, 1.82) is 0 Å². The Labute approximate surface area is 76.3 Å². The lowest BCUT2D eigenvalue weighted by atomic mass is 10.2. The summed E-state index contributed by atoms with van der Waals surface area (Å²) in [6, 6.07) is -0.466. The van der Waals surface area contributed by atoms with Crippen LogP contribution in [0.4, 0.5) is 13.2 Å². The van der Waals surface area contributed by atoms with Gasteiger partial charge < -0.3 is 5.11 Å². The molecular weight excluding hydrogens is 183 g/mol. The van der Waals surface area contributed by atoms with Crippen LogP contribution >= 0.6 is 0 Å². The van der Waals surface area contributed by atoms with Gasteiger partial charge in [0.2, 0.25) is 0 Å². The van der Waals surface area contributed by atoms with Crippen LogP contribution in [0.5, 0.6) is 0 Å². The van der Waals surface area contributed by atoms with Gasteiger partial charge in [0.25, 0.3) is 0 Å². The highest BCUT2D eigenvalue weighted by atomic mass is 19.4. The van der Waals surface area contributed by atoms with Gasteiger partial charge >= 0.3 is 6.18 Å². The minimum atomic E-state index is -4.20. The molecule has 0 saturated heterocycles. The molecule has 0 aliphatic heterocycles. The molecule has 0 radical (unpaired) electrons. The quantitative estimate of drug-likeness (QED) is 0.744. The van der Waals surface area contributed by atoms with Gasteiger partial charge in [-0.3, -0.25) is 4.90 Å². The van der Waals surface area contributed by atoms with E-state index in [0.717, 1.165) is 0 Å². The Morgan fingerprint density at radius 1 is 1.31 bits per heavy atom. The van der Waals surface area contributed by atoms with E-state index in [-0.39, 0.29) is 6.54 Å². The minimum Gasteiger partial charge on any atom is -0.392 e. The molecule has 0 aliphatic rings. The molecule has 0 bridgehead atoms. The summed E-state index contributed by atoms with van der Waals surface area (Å²) in [5, 5.41) is 9.11. The van der Waals surface area contributed by atoms with Crippen molar-refractivity contribution >= 4 is 0 Å². The summed E-state index contributed by atoms with van der Waals surface area (Å²) < 4.78 is 36.0. The van der Waals surface area contributed by atoms with Crippen molar-refractivity contribution in [3.8, 4) is 0 Å². The summed E-state index contributed by atoms with van der Waals surface area (Å²) in [4.78, 5) is 1.20. The van der Waals surface area contributed by atoms with E-state index in [9.17, 15) is 13.2 Å². The van der Waals surface area contributed by atoms with E-state index in [4.69, 9.17) is 5.11 Å². The van der Waals surface area contributed by atoms with Crippen molar-refractivity contribution in [3.63, 3.8) is 0 Å². The molecule has 2 atom stereocenters. The van der Waals surface area contributed by atoms with Gasteiger partial charge in [-0.15, -0.1) is 0 Å². The van der Waals surface area contributed by atoms with Crippen molar-refractivity contribution in [2.24, 2.45) is 0 Å². The van der Waals surface area contributed by atoms with Crippen LogP contribution in [-0.2, 0) is 0 Å². The highest BCUT2D eigenvalue weighted by Crippen LogP contribution is 2.18. The molecule has 80 valence electrons. The maximum Gasteiger partial charge on any atom is 0.401 e. The SMILES string of the molecule is CCN(CC(F)(F)F)C(C)C(C)O. The van der Waals surface area contributed by atoms with Crippen LogP contribution in [-0.4, -0.2) is 41.4 Å². The standard InChI is InChI=1S/C8H16F3NO/c1-4-12(5-8(9,10)11)6(2)7(3)13/h6-7,13H,4-5H2,1-3H3. The van der Waals surface area contributed by atoms with Crippen molar-refractivity contribution < 1.29 is 18.3 Å². The van der Waals surface area contributed by atoms with E-state index in [1.165, 1.54) is 11.8 Å². The zero-order valence-corrected chi connectivity index (χ0v) is 8.10. The van der Waals surface area contributed by atoms with Crippen molar-refractivity contribution in [1.82, 2.24) is 4.90 Å². The third-order valence-electron chi connectivity index (χ3n) is 2.06. The highest BCUT2D eigenvalue weighted by Gasteiger charge is 2.32. The number of halogens is 3. The first-order chi connectivity index (χ1) is 5.78. The molecule has 0 fully saturated rings. The fourth-order valence-electron chi connectivity index (χ4n) is 1.08. The van der Waals surface area contributed by atoms with Crippen LogP contribution in [0.3, 0.4) is 0 Å². The van der Waals surface area contributed by atoms with Gasteiger partial charge in [-0.25, -0.2) is 0 Å². The smallest absolute Gasteiger partial charge is 0.392 e. The van der Waals surface area contributed by atoms with Crippen molar-refractivity contribution in [2.45, 2.75) is 39.1 Å². The molecule has 0 aromatic rings. The van der Waals surface area contributed by atoms with Crippen LogP contribution in [0.2, 0.25) is 0 Å². The number of hydrogen-bond donors (Lipinski definition) is 1. The number of hydrogen-bond acceptors (Lipinski definition) is 2. The molecule has 5 heteroatoms. The average molecular weight is 199 g/mol. The van der Waals surface area contributed by atoms with Crippen LogP contribution in [0.25, 0.3) is 0 Å². The molecule has 0 saturated carbocycles. The zero-order valence-electron chi connectivity index (χ0n) is 8.10. The first-order valence-electron chi connectivity index (χ1n) is 4.26. The second-order valence-electron chi connectivity index (χ2n) is 3.16. The molecule has 0 aromatic carbocycles. The summed E-state index contributed by atoms with van der Waals surface area (Å²) in [6.45, 7) is 4.04. The summed E-state index contributed by atoms with van der Waals surface area (Å²) in [7, 11) is 0. The van der Waals surface area contributed by atoms with Gasteiger partial charge in [-0.05, 0) is 20.4 Å². The summed E-state index contributed by atoms with van der Waals surface area (Å²) in [6.07, 6.45) is -4.94. The fourth-order valence-corrected chi connectivity index (χ4v) is 1.08. The van der Waals surface area contributed by atoms with Gasteiger partial charge in [0.1, 0.15) is 0 Å². The van der Waals surface area contributed by atoms with E-state index in [2.05, 4.69) is 0 Å². The first kappa shape index (κ1) is 12.7. The fraction of sp³-hybridized carbons (Fsp3) is 1.00. The molecule has 13 heavy (non-hydrogen) atoms. The molecule has 2 nitrogen and oxygen atoms in total. The largest absolute Gasteiger partial charge is 0.401 e. The Balaban J connectivity index is 4.18. The topological polar surface area (TPSA) is 23.5 Å². The van der Waals surface area contributed by atoms with Gasteiger partial charge in [-0.2, -0.15) is 13.2 Å². The number of aliphatic hydroxyl groups is 1. The van der Waals surface area contributed by atoms with Gasteiger partial charge in [0, 0.05) is 6.04 Å². The summed E-state index contributed by atoms with van der Waals surface area (Å²) >= 11 is 0. The van der Waals surface area contributed by atoms with E-state index in [1.807, 2.05) is 0 Å². The molecular formula is C8H16F3NO. The number of likely N-dealkylation sites (N-methyl/N-ethyl adjacent to an activating group) is 1. The van der Waals surface area contributed by atoms with Crippen molar-refractivity contribution in [2.75, 3.05) is 13.1 Å². The molecule has 0 heterocycles. The van der Waals surface area contributed by atoms with E-state index in [1.54, 1.807) is 13.8 Å². The van der Waals surface area contributed by atoms with Gasteiger partial charge in [0.15, 0.2) is 0 Å². The Bertz CT molecular complexity index is 147. The van der Waals surface area contributed by atoms with E-state index < -0.39 is 24.9 Å². The Kier molecular flexibility index (Phi) is 4.70. The molecule has 0 rings (SSSR count). The molecule has 0 spiro atoms. The maximum atomic E-state index is 12.0. The normalized spacial score (nSPS) is 17.5. The second kappa shape index (κ2) is 4.81. The molecule has 1 N–H and O–H groups in total. The second-order valence-corrected chi connectivity index (χ2v) is 3.16. The van der Waals surface area contributed by atoms with E-state index >= 15 is 0 Å². The Morgan fingerprint density at radius 2 is 1.77 bits per heavy atom. The number of nitrogens with zero attached hydrogens (tertiary/aromatic N) is 1. The van der Waals surface area contributed by atoms with Crippen molar-refractivity contribution in [3.05, 3.63) is 0 Å². The maximum absolute atomic E-state index is 12.0. The highest BCUT2D eigenvalue weighted by molar-refractivity contribution is 4.73. The average Bonchev–Trinajstić information content (AvgIpc) is 1.97. The van der Waals surface area contributed by atoms with Gasteiger partial charge in [0.05, 0.1) is 12.6 Å². The summed E-state index contributed by atoms with van der Waals surface area (Å²) in [5.74, 6) is 0. The lowest BCUT2D eigenvalue weighted by Gasteiger charge is -2.30. The third-order valence-corrected chi connectivity index (χ3v) is 2.06. The lowest BCUT2D eigenvalue weighted by molar-refractivity contribution is -0.153. The predicted molar refractivity (Wildman–Crippen MR) is 44.4 cm³/mol. The van der Waals surface area contributed by atoms with Crippen LogP contribution in [0, 0.1) is 0 Å². The Hall–Kier alpha value is -0.290. The van der Waals surface area contributed by atoms with Crippen LogP contribution < -0.4 is 0 Å². The first-order valence-corrected chi connectivity index (χ1v) is 4.26. The molecule has 0 aliphatic carbocycles. The summed E-state index contributed by atoms with van der Waals surface area (Å²) in [5.41, 5.74) is 0. The molecule has 0 aromatic heterocycles. The van der Waals surface area contributed by atoms with Gasteiger partial charge in [-0.1, -0.05) is 6.92 Å². The third kappa shape index (κ3) is 5.10.